The van der Waals surface area contributed by atoms with Gasteiger partial charge in [0.1, 0.15) is 5.84 Å². The number of nitrogens with two attached hydrogens (primary N) is 1. The molecule has 0 aliphatic rings. The van der Waals surface area contributed by atoms with Crippen LogP contribution in [0.25, 0.3) is 0 Å². The molecule has 2 heteroatoms. The van der Waals surface area contributed by atoms with E-state index in [4.69, 9.17) is 5.73 Å². The topological polar surface area (TPSA) is 38.4 Å². The van der Waals surface area contributed by atoms with Gasteiger partial charge in [-0.3, -0.25) is 4.99 Å². The maximum absolute atomic E-state index is 5.71. The van der Waals surface area contributed by atoms with Gasteiger partial charge in [-0.05, 0) is 25.0 Å². The molecular weight excluding hydrogens is 148 g/mol. The van der Waals surface area contributed by atoms with Gasteiger partial charge in [-0.15, -0.1) is 0 Å². The van der Waals surface area contributed by atoms with Crippen LogP contribution in [0.4, 0.5) is 0 Å². The van der Waals surface area contributed by atoms with E-state index >= 15 is 0 Å². The smallest absolute Gasteiger partial charge is 0.125 e. The van der Waals surface area contributed by atoms with Crippen LogP contribution in [0.15, 0.2) is 23.2 Å². The van der Waals surface area contributed by atoms with Gasteiger partial charge in [0, 0.05) is 12.6 Å². The number of hydrogen-bond acceptors (Lipinski definition) is 1. The van der Waals surface area contributed by atoms with Crippen molar-refractivity contribution in [2.45, 2.75) is 13.8 Å². The van der Waals surface area contributed by atoms with Gasteiger partial charge >= 0.3 is 0 Å². The van der Waals surface area contributed by atoms with E-state index in [1.807, 2.05) is 12.1 Å². The van der Waals surface area contributed by atoms with Crippen molar-refractivity contribution < 1.29 is 0 Å². The normalized spacial score (nSPS) is 11.8. The average Bonchev–Trinajstić information content (AvgIpc) is 2.08. The van der Waals surface area contributed by atoms with Crippen molar-refractivity contribution in [2.75, 3.05) is 7.05 Å². The largest absolute Gasteiger partial charge is 0.384 e. The summed E-state index contributed by atoms with van der Waals surface area (Å²) in [6, 6.07) is 6.06. The highest BCUT2D eigenvalue weighted by Crippen LogP contribution is 2.11. The van der Waals surface area contributed by atoms with E-state index in [0.717, 1.165) is 5.56 Å². The average molecular weight is 162 g/mol. The summed E-state index contributed by atoms with van der Waals surface area (Å²) in [5.74, 6) is 0.608. The van der Waals surface area contributed by atoms with Gasteiger partial charge < -0.3 is 5.73 Å². The molecule has 0 atom stereocenters. The highest BCUT2D eigenvalue weighted by atomic mass is 14.8. The van der Waals surface area contributed by atoms with Gasteiger partial charge in [0.05, 0.1) is 0 Å². The Kier molecular flexibility index (Phi) is 2.48. The van der Waals surface area contributed by atoms with Crippen LogP contribution in [0.1, 0.15) is 16.7 Å². The third-order valence-electron chi connectivity index (χ3n) is 2.12. The Labute approximate surface area is 73.1 Å². The Balaban J connectivity index is 3.26. The Hall–Kier alpha value is -1.31. The summed E-state index contributed by atoms with van der Waals surface area (Å²) in [5.41, 5.74) is 9.21. The number of benzene rings is 1. The van der Waals surface area contributed by atoms with Crippen LogP contribution in [0.5, 0.6) is 0 Å². The molecule has 0 aromatic heterocycles. The third-order valence-corrected chi connectivity index (χ3v) is 2.12. The predicted octanol–water partition coefficient (Wildman–Crippen LogP) is 1.64. The van der Waals surface area contributed by atoms with Crippen molar-refractivity contribution in [3.8, 4) is 0 Å². The number of amidine groups is 1. The fourth-order valence-electron chi connectivity index (χ4n) is 1.15. The van der Waals surface area contributed by atoms with Crippen molar-refractivity contribution >= 4 is 5.84 Å². The lowest BCUT2D eigenvalue weighted by Crippen LogP contribution is -2.14. The highest BCUT2D eigenvalue weighted by Gasteiger charge is 2.02. The van der Waals surface area contributed by atoms with Crippen molar-refractivity contribution in [3.05, 3.63) is 34.9 Å². The molecule has 64 valence electrons. The molecule has 0 saturated heterocycles. The zero-order valence-corrected chi connectivity index (χ0v) is 7.76. The maximum atomic E-state index is 5.71. The second-order valence-electron chi connectivity index (χ2n) is 2.86. The molecule has 0 spiro atoms. The number of nitrogens with zero attached hydrogens (tertiary/aromatic N) is 1. The summed E-state index contributed by atoms with van der Waals surface area (Å²) in [6.45, 7) is 4.13. The van der Waals surface area contributed by atoms with Gasteiger partial charge in [0.2, 0.25) is 0 Å². The van der Waals surface area contributed by atoms with E-state index in [9.17, 15) is 0 Å². The van der Waals surface area contributed by atoms with Crippen molar-refractivity contribution in [2.24, 2.45) is 10.7 Å². The minimum atomic E-state index is 0.608. The maximum Gasteiger partial charge on any atom is 0.125 e. The van der Waals surface area contributed by atoms with Gasteiger partial charge in [-0.1, -0.05) is 18.2 Å². The highest BCUT2D eigenvalue weighted by molar-refractivity contribution is 5.98. The molecule has 1 aromatic rings. The standard InChI is InChI=1S/C10H14N2/c1-7-5-4-6-9(8(7)2)10(11)12-3/h4-6H,1-3H3,(H2,11,12). The summed E-state index contributed by atoms with van der Waals surface area (Å²) >= 11 is 0. The fraction of sp³-hybridized carbons (Fsp3) is 0.300. The molecule has 0 saturated carbocycles. The van der Waals surface area contributed by atoms with Gasteiger partial charge in [-0.2, -0.15) is 0 Å². The zero-order chi connectivity index (χ0) is 9.14. The molecule has 1 aromatic carbocycles. The summed E-state index contributed by atoms with van der Waals surface area (Å²) in [6.07, 6.45) is 0. The van der Waals surface area contributed by atoms with E-state index in [1.165, 1.54) is 11.1 Å². The van der Waals surface area contributed by atoms with Crippen molar-refractivity contribution in [1.29, 1.82) is 0 Å². The summed E-state index contributed by atoms with van der Waals surface area (Å²) in [4.78, 5) is 3.96. The van der Waals surface area contributed by atoms with E-state index in [0.29, 0.717) is 5.84 Å². The first-order valence-corrected chi connectivity index (χ1v) is 3.95. The van der Waals surface area contributed by atoms with Gasteiger partial charge in [-0.25, -0.2) is 0 Å². The van der Waals surface area contributed by atoms with E-state index in [-0.39, 0.29) is 0 Å². The second kappa shape index (κ2) is 3.39. The molecule has 0 radical (unpaired) electrons. The third kappa shape index (κ3) is 1.47. The van der Waals surface area contributed by atoms with Crippen molar-refractivity contribution in [3.63, 3.8) is 0 Å². The number of rotatable bonds is 1. The lowest BCUT2D eigenvalue weighted by molar-refractivity contribution is 1.30. The lowest BCUT2D eigenvalue weighted by Gasteiger charge is -2.06. The first kappa shape index (κ1) is 8.78. The molecule has 0 aliphatic carbocycles. The monoisotopic (exact) mass is 162 g/mol. The number of hydrogen-bond donors (Lipinski definition) is 1. The zero-order valence-electron chi connectivity index (χ0n) is 7.76. The molecule has 0 heterocycles. The molecule has 0 unspecified atom stereocenters. The van der Waals surface area contributed by atoms with Crippen LogP contribution < -0.4 is 5.73 Å². The van der Waals surface area contributed by atoms with Gasteiger partial charge in [0.15, 0.2) is 0 Å². The molecule has 2 N–H and O–H groups in total. The molecule has 0 bridgehead atoms. The SMILES string of the molecule is CN=C(N)c1cccc(C)c1C. The van der Waals surface area contributed by atoms with Gasteiger partial charge in [0.25, 0.3) is 0 Å². The van der Waals surface area contributed by atoms with Crippen LogP contribution in [0, 0.1) is 13.8 Å². The van der Waals surface area contributed by atoms with Crippen LogP contribution in [-0.4, -0.2) is 12.9 Å². The van der Waals surface area contributed by atoms with E-state index in [1.54, 1.807) is 7.05 Å². The fourth-order valence-corrected chi connectivity index (χ4v) is 1.15. The quantitative estimate of drug-likeness (QED) is 0.494. The molecular formula is C10H14N2. The van der Waals surface area contributed by atoms with Crippen molar-refractivity contribution in [1.82, 2.24) is 0 Å². The molecule has 1 rings (SSSR count). The van der Waals surface area contributed by atoms with E-state index in [2.05, 4.69) is 24.9 Å². The molecule has 0 amide bonds. The Morgan fingerprint density at radius 1 is 1.33 bits per heavy atom. The number of aliphatic imine (C=N–C) groups is 1. The lowest BCUT2D eigenvalue weighted by atomic mass is 10.0. The van der Waals surface area contributed by atoms with Crippen LogP contribution in [0.3, 0.4) is 0 Å². The molecule has 2 nitrogen and oxygen atoms in total. The van der Waals surface area contributed by atoms with Crippen LogP contribution >= 0.6 is 0 Å². The first-order chi connectivity index (χ1) is 5.66. The molecule has 0 fully saturated rings. The van der Waals surface area contributed by atoms with Crippen LogP contribution in [-0.2, 0) is 0 Å². The Morgan fingerprint density at radius 2 is 2.00 bits per heavy atom. The second-order valence-corrected chi connectivity index (χ2v) is 2.86. The Bertz CT molecular complexity index is 314. The first-order valence-electron chi connectivity index (χ1n) is 3.95. The summed E-state index contributed by atoms with van der Waals surface area (Å²) in [5, 5.41) is 0. The van der Waals surface area contributed by atoms with E-state index < -0.39 is 0 Å². The summed E-state index contributed by atoms with van der Waals surface area (Å²) < 4.78 is 0. The Morgan fingerprint density at radius 3 is 2.58 bits per heavy atom. The molecule has 0 aliphatic heterocycles. The molecule has 12 heavy (non-hydrogen) atoms. The summed E-state index contributed by atoms with van der Waals surface area (Å²) in [7, 11) is 1.71. The number of aryl methyl sites for hydroxylation is 1. The predicted molar refractivity (Wildman–Crippen MR) is 52.6 cm³/mol. The minimum Gasteiger partial charge on any atom is -0.384 e. The minimum absolute atomic E-state index is 0.608. The van der Waals surface area contributed by atoms with Crippen LogP contribution in [0.2, 0.25) is 0 Å².